The summed E-state index contributed by atoms with van der Waals surface area (Å²) in [6.07, 6.45) is 11.4. The number of amides is 6. The number of likely N-dealkylation sites (N-methyl/N-ethyl adjacent to an activating group) is 1. The van der Waals surface area contributed by atoms with E-state index in [1.54, 1.807) is 42.1 Å². The SMILES string of the molecule is C#[N+][C@]12CS[C@@H](CCCCC(=O)NCCCOCCOCCOCCCNC(=O)CCCC(=O)NCCCCN(C)C/C=C/C(=O)Nc3cccc(Nc4ncc(F)c(Nc5cccc(C)c5)n4)c3)[C@H]1NC(=O)N2. The zero-order valence-corrected chi connectivity index (χ0v) is 43.5. The molecule has 2 saturated heterocycles. The summed E-state index contributed by atoms with van der Waals surface area (Å²) in [5.41, 5.74) is 2.18. The molecule has 6 amide bonds. The lowest BCUT2D eigenvalue weighted by molar-refractivity contribution is -0.123. The maximum Gasteiger partial charge on any atom is 0.386 e. The van der Waals surface area contributed by atoms with Crippen LogP contribution >= 0.6 is 11.8 Å². The molecule has 5 rings (SSSR count). The average Bonchev–Trinajstić information content (AvgIpc) is 3.88. The second-order valence-electron chi connectivity index (χ2n) is 18.1. The first-order valence-electron chi connectivity index (χ1n) is 25.5. The van der Waals surface area contributed by atoms with Gasteiger partial charge in [-0.2, -0.15) is 4.98 Å². The molecule has 3 atom stereocenters. The molecule has 2 fully saturated rings. The first-order valence-corrected chi connectivity index (χ1v) is 26.5. The Morgan fingerprint density at radius 3 is 2.12 bits per heavy atom. The third kappa shape index (κ3) is 22.0. The van der Waals surface area contributed by atoms with Crippen molar-refractivity contribution in [2.75, 3.05) is 101 Å². The Morgan fingerprint density at radius 2 is 1.45 bits per heavy atom. The number of fused-ring (bicyclic) bond motifs is 1. The standard InChI is InChI=1S/C52H73FN12O8S/c1-38-14-8-15-39(34-38)60-49-42(53)36-58-50(63-49)61-41-17-9-16-40(35-41)59-47(69)22-11-27-65(3)26-7-6-23-55-45(67)20-10-21-46(68)57-25-13-29-72-31-33-73-32-30-71-28-12-24-56-44(66)19-5-4-18-43-48-52(54-2,37-74-43)64-51(70)62-48/h2,8-9,11,14-17,22,34-36,43,48H,4-7,10,12-13,18-21,23-33,37H2,1,3H3,(H7-,55,56,57,58,59,60,61,62,63,64,66,67,68,69,70)/p+1/b22-11+/t43-,48+,52-/m0/s1. The van der Waals surface area contributed by atoms with Gasteiger partial charge in [-0.15, -0.1) is 11.8 Å². The lowest BCUT2D eigenvalue weighted by Gasteiger charge is -2.15. The quantitative estimate of drug-likeness (QED) is 0.0190. The van der Waals surface area contributed by atoms with E-state index < -0.39 is 11.5 Å². The Balaban J connectivity index is 0.755. The number of urea groups is 1. The van der Waals surface area contributed by atoms with Crippen LogP contribution in [0.1, 0.15) is 76.2 Å². The van der Waals surface area contributed by atoms with E-state index in [-0.39, 0.29) is 65.6 Å². The number of nitrogens with zero attached hydrogens (tertiary/aromatic N) is 4. The van der Waals surface area contributed by atoms with Gasteiger partial charge in [-0.3, -0.25) is 24.5 Å². The van der Waals surface area contributed by atoms with Crippen LogP contribution in [-0.2, 0) is 33.4 Å². The maximum atomic E-state index is 14.5. The van der Waals surface area contributed by atoms with E-state index in [1.165, 1.54) is 6.08 Å². The highest BCUT2D eigenvalue weighted by Crippen LogP contribution is 2.41. The molecule has 2 aliphatic rings. The molecule has 3 heterocycles. The van der Waals surface area contributed by atoms with Gasteiger partial charge in [0.25, 0.3) is 6.57 Å². The van der Waals surface area contributed by atoms with Gasteiger partial charge in [0.15, 0.2) is 11.6 Å². The number of carbonyl (C=O) groups excluding carboxylic acids is 5. The fraction of sp³-hybridized carbons (Fsp3) is 0.538. The molecule has 2 aliphatic heterocycles. The number of carbonyl (C=O) groups is 5. The zero-order chi connectivity index (χ0) is 52.8. The van der Waals surface area contributed by atoms with Gasteiger partial charge in [-0.25, -0.2) is 14.2 Å². The number of hydrogen-bond acceptors (Lipinski definition) is 14. The Bertz CT molecular complexity index is 2340. The molecule has 0 aliphatic carbocycles. The van der Waals surface area contributed by atoms with Crippen LogP contribution < -0.4 is 42.5 Å². The minimum absolute atomic E-state index is 0.0221. The van der Waals surface area contributed by atoms with Crippen molar-refractivity contribution in [3.05, 3.63) is 83.1 Å². The number of aryl methyl sites for hydroxylation is 1. The Labute approximate surface area is 438 Å². The molecule has 22 heteroatoms. The van der Waals surface area contributed by atoms with Crippen molar-refractivity contribution < 1.29 is 42.6 Å². The van der Waals surface area contributed by atoms with Gasteiger partial charge < -0.3 is 56.3 Å². The summed E-state index contributed by atoms with van der Waals surface area (Å²) in [7, 11) is 1.96. The summed E-state index contributed by atoms with van der Waals surface area (Å²) < 4.78 is 31.2. The molecule has 0 radical (unpaired) electrons. The Hall–Kier alpha value is -6.38. The molecule has 0 unspecified atom stereocenters. The molecule has 402 valence electrons. The number of aromatic nitrogens is 2. The minimum atomic E-state index is -0.720. The predicted molar refractivity (Wildman–Crippen MR) is 286 cm³/mol. The fourth-order valence-corrected chi connectivity index (χ4v) is 9.62. The molecule has 8 N–H and O–H groups in total. The molecule has 20 nitrogen and oxygen atoms in total. The van der Waals surface area contributed by atoms with Gasteiger partial charge >= 0.3 is 11.7 Å². The highest BCUT2D eigenvalue weighted by Gasteiger charge is 2.63. The van der Waals surface area contributed by atoms with Crippen molar-refractivity contribution in [2.45, 2.75) is 94.5 Å². The Kier molecular flexibility index (Phi) is 25.9. The average molecular weight is 1050 g/mol. The topological polar surface area (TPSA) is 243 Å². The van der Waals surface area contributed by atoms with E-state index in [9.17, 15) is 28.4 Å². The van der Waals surface area contributed by atoms with Gasteiger partial charge in [-0.1, -0.05) is 35.5 Å². The predicted octanol–water partition coefficient (Wildman–Crippen LogP) is 5.98. The van der Waals surface area contributed by atoms with Crippen LogP contribution in [0.2, 0.25) is 0 Å². The van der Waals surface area contributed by atoms with Crippen LogP contribution in [-0.4, -0.2) is 147 Å². The normalized spacial score (nSPS) is 16.8. The van der Waals surface area contributed by atoms with Crippen molar-refractivity contribution >= 4 is 70.3 Å². The molecule has 0 spiro atoms. The number of anilines is 5. The van der Waals surface area contributed by atoms with E-state index in [0.29, 0.717) is 114 Å². The van der Waals surface area contributed by atoms with Gasteiger partial charge in [0.05, 0.1) is 38.4 Å². The van der Waals surface area contributed by atoms with E-state index in [2.05, 4.69) is 62.2 Å². The largest absolute Gasteiger partial charge is 0.386 e. The van der Waals surface area contributed by atoms with Gasteiger partial charge in [0.2, 0.25) is 29.6 Å². The number of unbranched alkanes of at least 4 members (excludes halogenated alkanes) is 2. The van der Waals surface area contributed by atoms with E-state index in [0.717, 1.165) is 50.4 Å². The number of hydrogen-bond donors (Lipinski definition) is 8. The van der Waals surface area contributed by atoms with Crippen LogP contribution in [0.15, 0.2) is 66.9 Å². The number of halogens is 1. The van der Waals surface area contributed by atoms with Crippen molar-refractivity contribution in [2.24, 2.45) is 0 Å². The molecule has 0 bridgehead atoms. The number of thioether (sulfide) groups is 1. The summed E-state index contributed by atoms with van der Waals surface area (Å²) in [6, 6.07) is 14.2. The third-order valence-corrected chi connectivity index (χ3v) is 13.4. The van der Waals surface area contributed by atoms with Crippen LogP contribution in [0.5, 0.6) is 0 Å². The first-order chi connectivity index (χ1) is 35.9. The van der Waals surface area contributed by atoms with Crippen molar-refractivity contribution in [3.63, 3.8) is 0 Å². The first kappa shape index (κ1) is 58.5. The van der Waals surface area contributed by atoms with E-state index in [1.807, 2.05) is 38.2 Å². The summed E-state index contributed by atoms with van der Waals surface area (Å²) in [4.78, 5) is 75.4. The Morgan fingerprint density at radius 1 is 0.824 bits per heavy atom. The highest BCUT2D eigenvalue weighted by atomic mass is 32.2. The van der Waals surface area contributed by atoms with E-state index >= 15 is 0 Å². The van der Waals surface area contributed by atoms with Crippen LogP contribution in [0.4, 0.5) is 38.0 Å². The zero-order valence-electron chi connectivity index (χ0n) is 42.7. The number of benzene rings is 2. The molecule has 2 aromatic carbocycles. The van der Waals surface area contributed by atoms with Crippen molar-refractivity contribution in [1.82, 2.24) is 41.5 Å². The van der Waals surface area contributed by atoms with Crippen LogP contribution in [0.3, 0.4) is 0 Å². The van der Waals surface area contributed by atoms with Gasteiger partial charge in [0, 0.05) is 87.0 Å². The van der Waals surface area contributed by atoms with Crippen molar-refractivity contribution in [1.29, 1.82) is 0 Å². The molecule has 74 heavy (non-hydrogen) atoms. The van der Waals surface area contributed by atoms with Crippen LogP contribution in [0.25, 0.3) is 4.85 Å². The number of rotatable bonds is 36. The summed E-state index contributed by atoms with van der Waals surface area (Å²) in [5, 5.41) is 23.6. The number of ether oxygens (including phenoxy) is 3. The monoisotopic (exact) mass is 1050 g/mol. The van der Waals surface area contributed by atoms with E-state index in [4.69, 9.17) is 20.8 Å². The van der Waals surface area contributed by atoms with Gasteiger partial charge in [0.1, 0.15) is 6.04 Å². The smallest absolute Gasteiger partial charge is 0.379 e. The third-order valence-electron chi connectivity index (χ3n) is 11.9. The second kappa shape index (κ2) is 32.7. The summed E-state index contributed by atoms with van der Waals surface area (Å²) in [5.74, 6) is -0.150. The minimum Gasteiger partial charge on any atom is -0.379 e. The van der Waals surface area contributed by atoms with Gasteiger partial charge in [-0.05, 0) is 101 Å². The molecular formula is C52H74FN12O8S+. The second-order valence-corrected chi connectivity index (χ2v) is 19.4. The highest BCUT2D eigenvalue weighted by molar-refractivity contribution is 8.00. The van der Waals surface area contributed by atoms with Crippen LogP contribution in [0, 0.1) is 19.3 Å². The maximum absolute atomic E-state index is 14.5. The summed E-state index contributed by atoms with van der Waals surface area (Å²) >= 11 is 1.75. The lowest BCUT2D eigenvalue weighted by Crippen LogP contribution is -2.47. The number of nitrogens with one attached hydrogen (secondary N) is 8. The molecule has 0 saturated carbocycles. The molecule has 1 aromatic heterocycles. The van der Waals surface area contributed by atoms with Crippen molar-refractivity contribution in [3.8, 4) is 6.57 Å². The fourth-order valence-electron chi connectivity index (χ4n) is 8.01. The lowest BCUT2D eigenvalue weighted by atomic mass is 9.98. The molecule has 3 aromatic rings. The summed E-state index contributed by atoms with van der Waals surface area (Å²) in [6.45, 7) is 13.3. The molecular weight excluding hydrogens is 972 g/mol.